The minimum atomic E-state index is -0.809. The standard InChI is InChI=1S/C24H19N3O6/c28-21(25-17-5-2-1-3-6-17)15-33-18-10-8-16(9-11-18)13-20-22(29)26-24(31)27(23(20)30)14-19-7-4-12-32-19/h1-13H,14-15H2,(H,25,28)(H,26,29,31)/b20-13+. The number of carbonyl (C=O) groups excluding carboxylic acids is 4. The Kier molecular flexibility index (Phi) is 6.31. The number of nitrogens with zero attached hydrogens (tertiary/aromatic N) is 1. The highest BCUT2D eigenvalue weighted by Gasteiger charge is 2.36. The number of hydrogen-bond acceptors (Lipinski definition) is 6. The van der Waals surface area contributed by atoms with Crippen molar-refractivity contribution in [1.82, 2.24) is 10.2 Å². The number of para-hydroxylation sites is 1. The van der Waals surface area contributed by atoms with E-state index in [2.05, 4.69) is 10.6 Å². The molecule has 0 bridgehead atoms. The lowest BCUT2D eigenvalue weighted by Crippen LogP contribution is -2.53. The molecule has 1 saturated heterocycles. The summed E-state index contributed by atoms with van der Waals surface area (Å²) in [5.41, 5.74) is 1.03. The van der Waals surface area contributed by atoms with Gasteiger partial charge in [0, 0.05) is 5.69 Å². The molecule has 4 rings (SSSR count). The highest BCUT2D eigenvalue weighted by molar-refractivity contribution is 6.30. The van der Waals surface area contributed by atoms with Crippen molar-refractivity contribution in [3.8, 4) is 5.75 Å². The molecule has 1 aliphatic rings. The van der Waals surface area contributed by atoms with Gasteiger partial charge < -0.3 is 14.5 Å². The molecule has 2 heterocycles. The summed E-state index contributed by atoms with van der Waals surface area (Å²) in [5, 5.41) is 4.87. The molecule has 5 amide bonds. The number of carbonyl (C=O) groups is 4. The number of furan rings is 1. The Bertz CT molecular complexity index is 1200. The number of hydrogen-bond donors (Lipinski definition) is 2. The number of urea groups is 1. The fourth-order valence-corrected chi connectivity index (χ4v) is 3.09. The number of rotatable bonds is 7. The van der Waals surface area contributed by atoms with E-state index in [9.17, 15) is 19.2 Å². The summed E-state index contributed by atoms with van der Waals surface area (Å²) < 4.78 is 10.7. The highest BCUT2D eigenvalue weighted by atomic mass is 16.5. The largest absolute Gasteiger partial charge is 0.484 e. The van der Waals surface area contributed by atoms with E-state index in [1.807, 2.05) is 18.2 Å². The lowest BCUT2D eigenvalue weighted by Gasteiger charge is -2.25. The fraction of sp³-hybridized carbons (Fsp3) is 0.0833. The van der Waals surface area contributed by atoms with Gasteiger partial charge in [-0.15, -0.1) is 0 Å². The molecule has 2 N–H and O–H groups in total. The summed E-state index contributed by atoms with van der Waals surface area (Å²) in [5.74, 6) is -0.964. The third-order valence-electron chi connectivity index (χ3n) is 4.70. The first kappa shape index (κ1) is 21.6. The zero-order chi connectivity index (χ0) is 23.2. The van der Waals surface area contributed by atoms with Crippen LogP contribution in [0.3, 0.4) is 0 Å². The average molecular weight is 445 g/mol. The van der Waals surface area contributed by atoms with Crippen LogP contribution in [0, 0.1) is 0 Å². The second-order valence-corrected chi connectivity index (χ2v) is 7.06. The summed E-state index contributed by atoms with van der Waals surface area (Å²) in [6, 6.07) is 17.9. The van der Waals surface area contributed by atoms with Crippen LogP contribution in [-0.4, -0.2) is 35.3 Å². The van der Waals surface area contributed by atoms with Crippen LogP contribution >= 0.6 is 0 Å². The molecule has 166 valence electrons. The van der Waals surface area contributed by atoms with Crippen LogP contribution in [0.2, 0.25) is 0 Å². The summed E-state index contributed by atoms with van der Waals surface area (Å²) >= 11 is 0. The molecule has 2 aromatic carbocycles. The van der Waals surface area contributed by atoms with E-state index < -0.39 is 17.8 Å². The molecular formula is C24H19N3O6. The van der Waals surface area contributed by atoms with Gasteiger partial charge in [0.15, 0.2) is 6.61 Å². The van der Waals surface area contributed by atoms with Crippen LogP contribution in [0.25, 0.3) is 6.08 Å². The predicted octanol–water partition coefficient (Wildman–Crippen LogP) is 2.96. The SMILES string of the molecule is O=C(COc1ccc(/C=C2\C(=O)NC(=O)N(Cc3ccco3)C2=O)cc1)Nc1ccccc1. The maximum absolute atomic E-state index is 12.7. The molecule has 1 aromatic heterocycles. The van der Waals surface area contributed by atoms with E-state index in [1.165, 1.54) is 12.3 Å². The van der Waals surface area contributed by atoms with E-state index >= 15 is 0 Å². The van der Waals surface area contributed by atoms with Gasteiger partial charge in [0.25, 0.3) is 17.7 Å². The molecular weight excluding hydrogens is 426 g/mol. The van der Waals surface area contributed by atoms with Crippen molar-refractivity contribution in [3.63, 3.8) is 0 Å². The maximum Gasteiger partial charge on any atom is 0.331 e. The van der Waals surface area contributed by atoms with E-state index in [0.717, 1.165) is 4.90 Å². The van der Waals surface area contributed by atoms with Gasteiger partial charge in [-0.2, -0.15) is 0 Å². The zero-order valence-electron chi connectivity index (χ0n) is 17.3. The van der Waals surface area contributed by atoms with E-state index in [4.69, 9.17) is 9.15 Å². The smallest absolute Gasteiger partial charge is 0.331 e. The van der Waals surface area contributed by atoms with Crippen molar-refractivity contribution in [3.05, 3.63) is 89.9 Å². The Morgan fingerprint density at radius 2 is 1.76 bits per heavy atom. The molecule has 9 heteroatoms. The first-order valence-corrected chi connectivity index (χ1v) is 9.98. The van der Waals surface area contributed by atoms with Gasteiger partial charge in [-0.05, 0) is 48.0 Å². The van der Waals surface area contributed by atoms with Crippen molar-refractivity contribution in [1.29, 1.82) is 0 Å². The van der Waals surface area contributed by atoms with Gasteiger partial charge in [-0.1, -0.05) is 30.3 Å². The summed E-state index contributed by atoms with van der Waals surface area (Å²) in [6.45, 7) is -0.278. The number of imide groups is 2. The van der Waals surface area contributed by atoms with E-state index in [1.54, 1.807) is 48.5 Å². The van der Waals surface area contributed by atoms with Gasteiger partial charge >= 0.3 is 6.03 Å². The van der Waals surface area contributed by atoms with Crippen molar-refractivity contribution >= 4 is 35.5 Å². The first-order chi connectivity index (χ1) is 16.0. The average Bonchev–Trinajstić information content (AvgIpc) is 3.33. The second-order valence-electron chi connectivity index (χ2n) is 7.06. The van der Waals surface area contributed by atoms with Crippen molar-refractivity contribution < 1.29 is 28.3 Å². The summed E-state index contributed by atoms with van der Waals surface area (Å²) in [4.78, 5) is 49.9. The lowest BCUT2D eigenvalue weighted by molar-refractivity contribution is -0.130. The molecule has 33 heavy (non-hydrogen) atoms. The van der Waals surface area contributed by atoms with Crippen molar-refractivity contribution in [2.75, 3.05) is 11.9 Å². The topological polar surface area (TPSA) is 118 Å². The predicted molar refractivity (Wildman–Crippen MR) is 118 cm³/mol. The molecule has 1 fully saturated rings. The van der Waals surface area contributed by atoms with Crippen LogP contribution in [0.5, 0.6) is 5.75 Å². The Labute approximate surface area is 188 Å². The molecule has 0 saturated carbocycles. The van der Waals surface area contributed by atoms with Crippen LogP contribution < -0.4 is 15.4 Å². The van der Waals surface area contributed by atoms with Crippen molar-refractivity contribution in [2.24, 2.45) is 0 Å². The molecule has 0 unspecified atom stereocenters. The summed E-state index contributed by atoms with van der Waals surface area (Å²) in [7, 11) is 0. The highest BCUT2D eigenvalue weighted by Crippen LogP contribution is 2.19. The van der Waals surface area contributed by atoms with Gasteiger partial charge in [-0.3, -0.25) is 24.6 Å². The second kappa shape index (κ2) is 9.65. The first-order valence-electron chi connectivity index (χ1n) is 9.98. The molecule has 9 nitrogen and oxygen atoms in total. The minimum absolute atomic E-state index is 0.0971. The van der Waals surface area contributed by atoms with Crippen LogP contribution in [-0.2, 0) is 20.9 Å². The number of benzene rings is 2. The molecule has 0 aliphatic carbocycles. The lowest BCUT2D eigenvalue weighted by atomic mass is 10.1. The van der Waals surface area contributed by atoms with E-state index in [0.29, 0.717) is 22.8 Å². The minimum Gasteiger partial charge on any atom is -0.484 e. The molecule has 0 spiro atoms. The van der Waals surface area contributed by atoms with E-state index in [-0.39, 0.29) is 24.6 Å². The van der Waals surface area contributed by atoms with Crippen molar-refractivity contribution in [2.45, 2.75) is 6.54 Å². The van der Waals surface area contributed by atoms with Crippen LogP contribution in [0.15, 0.2) is 83.0 Å². The third-order valence-corrected chi connectivity index (χ3v) is 4.70. The zero-order valence-corrected chi connectivity index (χ0v) is 17.3. The van der Waals surface area contributed by atoms with Crippen LogP contribution in [0.1, 0.15) is 11.3 Å². The van der Waals surface area contributed by atoms with Gasteiger partial charge in [0.2, 0.25) is 0 Å². The Morgan fingerprint density at radius 1 is 1.00 bits per heavy atom. The quantitative estimate of drug-likeness (QED) is 0.426. The molecule has 3 aromatic rings. The van der Waals surface area contributed by atoms with Gasteiger partial charge in [0.1, 0.15) is 17.1 Å². The number of barbiturate groups is 1. The fourth-order valence-electron chi connectivity index (χ4n) is 3.09. The number of anilines is 1. The normalized spacial score (nSPS) is 14.8. The Morgan fingerprint density at radius 3 is 2.45 bits per heavy atom. The molecule has 0 atom stereocenters. The molecule has 1 aliphatic heterocycles. The van der Waals surface area contributed by atoms with Crippen LogP contribution in [0.4, 0.5) is 10.5 Å². The molecule has 0 radical (unpaired) electrons. The van der Waals surface area contributed by atoms with Gasteiger partial charge in [-0.25, -0.2) is 4.79 Å². The maximum atomic E-state index is 12.7. The number of nitrogens with one attached hydrogen (secondary N) is 2. The van der Waals surface area contributed by atoms with Gasteiger partial charge in [0.05, 0.1) is 12.8 Å². The number of ether oxygens (including phenoxy) is 1. The monoisotopic (exact) mass is 445 g/mol. The Balaban J connectivity index is 1.39. The summed E-state index contributed by atoms with van der Waals surface area (Å²) in [6.07, 6.45) is 2.81. The number of amides is 5. The third kappa shape index (κ3) is 5.34. The Hall–Kier alpha value is -4.66.